The van der Waals surface area contributed by atoms with Crippen LogP contribution < -0.4 is 5.32 Å². The maximum Gasteiger partial charge on any atom is 0.303 e. The van der Waals surface area contributed by atoms with Gasteiger partial charge in [-0.05, 0) is 31.0 Å². The monoisotopic (exact) mass is 195 g/mol. The molecule has 1 saturated heterocycles. The Labute approximate surface area is 81.9 Å². The van der Waals surface area contributed by atoms with Crippen molar-refractivity contribution in [3.63, 3.8) is 0 Å². The summed E-state index contributed by atoms with van der Waals surface area (Å²) in [6.07, 6.45) is 2.73. The van der Waals surface area contributed by atoms with Gasteiger partial charge in [0.2, 0.25) is 0 Å². The Bertz CT molecular complexity index is 307. The Morgan fingerprint density at radius 1 is 1.71 bits per heavy atom. The van der Waals surface area contributed by atoms with E-state index < -0.39 is 5.97 Å². The highest BCUT2D eigenvalue weighted by atomic mass is 16.4. The van der Waals surface area contributed by atoms with Crippen LogP contribution in [-0.2, 0) is 4.79 Å². The normalized spacial score (nSPS) is 26.6. The van der Waals surface area contributed by atoms with Crippen LogP contribution in [0.3, 0.4) is 0 Å². The molecule has 1 aromatic heterocycles. The third kappa shape index (κ3) is 1.80. The summed E-state index contributed by atoms with van der Waals surface area (Å²) in [7, 11) is 0. The number of hydrogen-bond donors (Lipinski definition) is 2. The molecule has 2 N–H and O–H groups in total. The summed E-state index contributed by atoms with van der Waals surface area (Å²) in [5.41, 5.74) is 0. The van der Waals surface area contributed by atoms with Crippen molar-refractivity contribution >= 4 is 5.97 Å². The quantitative estimate of drug-likeness (QED) is 0.765. The van der Waals surface area contributed by atoms with Crippen LogP contribution in [0.1, 0.15) is 24.6 Å². The van der Waals surface area contributed by atoms with Gasteiger partial charge in [-0.15, -0.1) is 0 Å². The molecule has 1 aliphatic heterocycles. The average molecular weight is 195 g/mol. The summed E-state index contributed by atoms with van der Waals surface area (Å²) in [5.74, 6) is 0.252. The number of carboxylic acid groups (broad SMARTS) is 1. The number of aliphatic carboxylic acids is 1. The van der Waals surface area contributed by atoms with Crippen molar-refractivity contribution in [1.29, 1.82) is 0 Å². The van der Waals surface area contributed by atoms with Gasteiger partial charge in [0.25, 0.3) is 0 Å². The summed E-state index contributed by atoms with van der Waals surface area (Å²) >= 11 is 0. The van der Waals surface area contributed by atoms with Gasteiger partial charge in [0.15, 0.2) is 0 Å². The van der Waals surface area contributed by atoms with Gasteiger partial charge in [-0.2, -0.15) is 0 Å². The smallest absolute Gasteiger partial charge is 0.303 e. The minimum atomic E-state index is -0.741. The first-order valence-corrected chi connectivity index (χ1v) is 4.76. The fourth-order valence-corrected chi connectivity index (χ4v) is 2.00. The molecular weight excluding hydrogens is 182 g/mol. The zero-order valence-corrected chi connectivity index (χ0v) is 7.77. The molecule has 2 atom stereocenters. The summed E-state index contributed by atoms with van der Waals surface area (Å²) in [4.78, 5) is 10.6. The zero-order valence-electron chi connectivity index (χ0n) is 7.77. The summed E-state index contributed by atoms with van der Waals surface area (Å²) in [5, 5.41) is 12.0. The highest BCUT2D eigenvalue weighted by molar-refractivity contribution is 5.67. The molecule has 4 nitrogen and oxygen atoms in total. The van der Waals surface area contributed by atoms with Crippen molar-refractivity contribution in [3.05, 3.63) is 24.2 Å². The van der Waals surface area contributed by atoms with Crippen LogP contribution in [0, 0.1) is 5.92 Å². The lowest BCUT2D eigenvalue weighted by Crippen LogP contribution is -2.19. The van der Waals surface area contributed by atoms with Crippen LogP contribution in [0.15, 0.2) is 22.8 Å². The van der Waals surface area contributed by atoms with E-state index in [1.807, 2.05) is 12.1 Å². The fraction of sp³-hybridized carbons (Fsp3) is 0.500. The van der Waals surface area contributed by atoms with Crippen LogP contribution in [-0.4, -0.2) is 17.6 Å². The van der Waals surface area contributed by atoms with E-state index in [0.717, 1.165) is 18.7 Å². The molecule has 0 radical (unpaired) electrons. The SMILES string of the molecule is O=C(O)CC1CCNC1c1ccco1. The molecule has 4 heteroatoms. The van der Waals surface area contributed by atoms with E-state index in [1.165, 1.54) is 0 Å². The highest BCUT2D eigenvalue weighted by Crippen LogP contribution is 2.31. The van der Waals surface area contributed by atoms with E-state index in [2.05, 4.69) is 5.32 Å². The number of carbonyl (C=O) groups is 1. The van der Waals surface area contributed by atoms with Crippen LogP contribution in [0.5, 0.6) is 0 Å². The van der Waals surface area contributed by atoms with Gasteiger partial charge in [-0.25, -0.2) is 0 Å². The van der Waals surface area contributed by atoms with Crippen molar-refractivity contribution in [3.8, 4) is 0 Å². The van der Waals surface area contributed by atoms with E-state index >= 15 is 0 Å². The van der Waals surface area contributed by atoms with E-state index in [1.54, 1.807) is 6.26 Å². The molecule has 14 heavy (non-hydrogen) atoms. The Morgan fingerprint density at radius 3 is 3.21 bits per heavy atom. The second kappa shape index (κ2) is 3.84. The van der Waals surface area contributed by atoms with Crippen molar-refractivity contribution in [1.82, 2.24) is 5.32 Å². The molecule has 0 amide bonds. The van der Waals surface area contributed by atoms with Gasteiger partial charge in [0, 0.05) is 0 Å². The Balaban J connectivity index is 2.07. The molecule has 76 valence electrons. The van der Waals surface area contributed by atoms with E-state index in [9.17, 15) is 4.79 Å². The van der Waals surface area contributed by atoms with Gasteiger partial charge in [-0.1, -0.05) is 0 Å². The predicted molar refractivity (Wildman–Crippen MR) is 49.8 cm³/mol. The lowest BCUT2D eigenvalue weighted by atomic mass is 9.95. The number of hydrogen-bond acceptors (Lipinski definition) is 3. The van der Waals surface area contributed by atoms with E-state index in [4.69, 9.17) is 9.52 Å². The maximum atomic E-state index is 10.6. The minimum Gasteiger partial charge on any atom is -0.481 e. The largest absolute Gasteiger partial charge is 0.481 e. The van der Waals surface area contributed by atoms with Crippen LogP contribution in [0.25, 0.3) is 0 Å². The Hall–Kier alpha value is -1.29. The van der Waals surface area contributed by atoms with Crippen molar-refractivity contribution in [2.24, 2.45) is 5.92 Å². The minimum absolute atomic E-state index is 0.0705. The summed E-state index contributed by atoms with van der Waals surface area (Å²) < 4.78 is 5.27. The van der Waals surface area contributed by atoms with Gasteiger partial charge in [-0.3, -0.25) is 4.79 Å². The summed E-state index contributed by atoms with van der Waals surface area (Å²) in [6, 6.07) is 3.78. The van der Waals surface area contributed by atoms with Crippen LogP contribution in [0.2, 0.25) is 0 Å². The number of furan rings is 1. The Kier molecular flexibility index (Phi) is 2.54. The van der Waals surface area contributed by atoms with Gasteiger partial charge in [0.05, 0.1) is 18.7 Å². The first kappa shape index (κ1) is 9.27. The predicted octanol–water partition coefficient (Wildman–Crippen LogP) is 1.40. The van der Waals surface area contributed by atoms with E-state index in [0.29, 0.717) is 0 Å². The third-order valence-corrected chi connectivity index (χ3v) is 2.64. The van der Waals surface area contributed by atoms with Gasteiger partial charge < -0.3 is 14.8 Å². The first-order chi connectivity index (χ1) is 6.77. The lowest BCUT2D eigenvalue weighted by molar-refractivity contribution is -0.138. The highest BCUT2D eigenvalue weighted by Gasteiger charge is 2.31. The standard InChI is InChI=1S/C10H13NO3/c12-9(13)6-7-3-4-11-10(7)8-2-1-5-14-8/h1-2,5,7,10-11H,3-4,6H2,(H,12,13). The van der Waals surface area contributed by atoms with Crippen LogP contribution >= 0.6 is 0 Å². The molecule has 2 heterocycles. The molecule has 2 unspecified atom stereocenters. The third-order valence-electron chi connectivity index (χ3n) is 2.64. The molecule has 2 rings (SSSR count). The number of carboxylic acids is 1. The molecule has 0 bridgehead atoms. The number of rotatable bonds is 3. The molecule has 0 aliphatic carbocycles. The zero-order chi connectivity index (χ0) is 9.97. The van der Waals surface area contributed by atoms with Crippen LogP contribution in [0.4, 0.5) is 0 Å². The maximum absolute atomic E-state index is 10.6. The van der Waals surface area contributed by atoms with Crippen molar-refractivity contribution < 1.29 is 14.3 Å². The molecule has 1 aromatic rings. The molecule has 0 spiro atoms. The van der Waals surface area contributed by atoms with Gasteiger partial charge in [0.1, 0.15) is 5.76 Å². The Morgan fingerprint density at radius 2 is 2.57 bits per heavy atom. The number of nitrogens with one attached hydrogen (secondary N) is 1. The topological polar surface area (TPSA) is 62.5 Å². The molecular formula is C10H13NO3. The summed E-state index contributed by atoms with van der Waals surface area (Å²) in [6.45, 7) is 0.864. The fourth-order valence-electron chi connectivity index (χ4n) is 2.00. The molecule has 0 saturated carbocycles. The van der Waals surface area contributed by atoms with Crippen molar-refractivity contribution in [2.45, 2.75) is 18.9 Å². The molecule has 0 aromatic carbocycles. The average Bonchev–Trinajstić information content (AvgIpc) is 2.70. The first-order valence-electron chi connectivity index (χ1n) is 4.76. The molecule has 1 aliphatic rings. The second-order valence-corrected chi connectivity index (χ2v) is 3.59. The second-order valence-electron chi connectivity index (χ2n) is 3.59. The lowest BCUT2D eigenvalue weighted by Gasteiger charge is -2.14. The van der Waals surface area contributed by atoms with E-state index in [-0.39, 0.29) is 18.4 Å². The molecule has 1 fully saturated rings. The van der Waals surface area contributed by atoms with Crippen molar-refractivity contribution in [2.75, 3.05) is 6.54 Å². The van der Waals surface area contributed by atoms with Gasteiger partial charge >= 0.3 is 5.97 Å².